The number of aliphatic hydroxyl groups is 1. The molecule has 1 fully saturated rings. The largest absolute Gasteiger partial charge is 0.391 e. The molecular weight excluding hydrogens is 298 g/mol. The third-order valence-corrected chi connectivity index (χ3v) is 5.06. The zero-order valence-corrected chi connectivity index (χ0v) is 13.2. The predicted molar refractivity (Wildman–Crippen MR) is 87.0 cm³/mol. The van der Waals surface area contributed by atoms with E-state index in [9.17, 15) is 9.90 Å². The molecule has 0 spiro atoms. The Morgan fingerprint density at radius 2 is 2.18 bits per heavy atom. The van der Waals surface area contributed by atoms with Gasteiger partial charge in [0.2, 0.25) is 0 Å². The molecule has 1 saturated heterocycles. The van der Waals surface area contributed by atoms with Crippen molar-refractivity contribution in [2.24, 2.45) is 5.92 Å². The third-order valence-electron chi connectivity index (χ3n) is 3.85. The highest BCUT2D eigenvalue weighted by Crippen LogP contribution is 2.27. The summed E-state index contributed by atoms with van der Waals surface area (Å²) in [5.74, 6) is -0.0398. The Balaban J connectivity index is 1.69. The number of benzene rings is 1. The number of aliphatic hydroxyl groups excluding tert-OH is 1. The van der Waals surface area contributed by atoms with Crippen molar-refractivity contribution >= 4 is 17.2 Å². The van der Waals surface area contributed by atoms with Crippen molar-refractivity contribution in [1.82, 2.24) is 15.6 Å². The smallest absolute Gasteiger partial charge is 0.263 e. The lowest BCUT2D eigenvalue weighted by molar-refractivity contribution is 0.0930. The van der Waals surface area contributed by atoms with Crippen molar-refractivity contribution in [2.45, 2.75) is 13.0 Å². The van der Waals surface area contributed by atoms with E-state index in [0.29, 0.717) is 18.0 Å². The van der Waals surface area contributed by atoms with E-state index in [1.54, 1.807) is 0 Å². The topological polar surface area (TPSA) is 74.2 Å². The van der Waals surface area contributed by atoms with E-state index in [0.717, 1.165) is 22.8 Å². The minimum atomic E-state index is -0.386. The molecule has 0 radical (unpaired) electrons. The summed E-state index contributed by atoms with van der Waals surface area (Å²) in [6.07, 6.45) is -0.386. The number of carbonyl (C=O) groups excluding carboxylic acids is 1. The fraction of sp³-hybridized carbons (Fsp3) is 0.375. The van der Waals surface area contributed by atoms with Crippen molar-refractivity contribution in [3.8, 4) is 10.6 Å². The van der Waals surface area contributed by atoms with Gasteiger partial charge in [-0.1, -0.05) is 30.3 Å². The van der Waals surface area contributed by atoms with Gasteiger partial charge in [0.25, 0.3) is 5.91 Å². The quantitative estimate of drug-likeness (QED) is 0.797. The van der Waals surface area contributed by atoms with E-state index < -0.39 is 0 Å². The summed E-state index contributed by atoms with van der Waals surface area (Å²) in [5, 5.41) is 16.6. The van der Waals surface area contributed by atoms with Gasteiger partial charge in [-0.05, 0) is 6.92 Å². The molecule has 1 amide bonds. The molecule has 22 heavy (non-hydrogen) atoms. The van der Waals surface area contributed by atoms with Gasteiger partial charge in [-0.2, -0.15) is 0 Å². The van der Waals surface area contributed by atoms with Crippen LogP contribution in [0.25, 0.3) is 10.6 Å². The molecule has 2 heterocycles. The van der Waals surface area contributed by atoms with Crippen LogP contribution >= 0.6 is 11.3 Å². The first-order chi connectivity index (χ1) is 10.6. The maximum Gasteiger partial charge on any atom is 0.263 e. The molecule has 116 valence electrons. The number of hydrogen-bond acceptors (Lipinski definition) is 5. The van der Waals surface area contributed by atoms with Gasteiger partial charge in [-0.3, -0.25) is 4.79 Å². The van der Waals surface area contributed by atoms with Crippen molar-refractivity contribution in [2.75, 3.05) is 19.6 Å². The number of aromatic nitrogens is 1. The Labute approximate surface area is 133 Å². The maximum absolute atomic E-state index is 12.3. The standard InChI is InChI=1S/C16H19N3O2S/c1-10-14(15(21)18-8-12-7-17-9-13(12)20)22-16(19-10)11-5-3-2-4-6-11/h2-6,12-13,17,20H,7-9H2,1H3,(H,18,21). The van der Waals surface area contributed by atoms with Crippen LogP contribution in [0, 0.1) is 12.8 Å². The van der Waals surface area contributed by atoms with Crippen molar-refractivity contribution in [3.05, 3.63) is 40.9 Å². The van der Waals surface area contributed by atoms with Gasteiger partial charge >= 0.3 is 0 Å². The van der Waals surface area contributed by atoms with Gasteiger partial charge in [-0.25, -0.2) is 4.98 Å². The highest BCUT2D eigenvalue weighted by atomic mass is 32.1. The second-order valence-electron chi connectivity index (χ2n) is 5.50. The van der Waals surface area contributed by atoms with Crippen LogP contribution in [-0.4, -0.2) is 41.7 Å². The van der Waals surface area contributed by atoms with Gasteiger partial charge in [0.05, 0.1) is 11.8 Å². The SMILES string of the molecule is Cc1nc(-c2ccccc2)sc1C(=O)NCC1CNCC1O. The number of carbonyl (C=O) groups is 1. The number of thiazole rings is 1. The monoisotopic (exact) mass is 317 g/mol. The first-order valence-corrected chi connectivity index (χ1v) is 8.16. The molecule has 1 aromatic heterocycles. The Morgan fingerprint density at radius 1 is 1.41 bits per heavy atom. The van der Waals surface area contributed by atoms with E-state index >= 15 is 0 Å². The average molecular weight is 317 g/mol. The molecule has 0 aliphatic carbocycles. The molecule has 0 saturated carbocycles. The summed E-state index contributed by atoms with van der Waals surface area (Å²) >= 11 is 1.40. The van der Waals surface area contributed by atoms with E-state index in [1.165, 1.54) is 11.3 Å². The number of hydrogen-bond donors (Lipinski definition) is 3. The predicted octanol–water partition coefficient (Wildman–Crippen LogP) is 1.43. The second-order valence-corrected chi connectivity index (χ2v) is 6.49. The average Bonchev–Trinajstić information content (AvgIpc) is 3.12. The van der Waals surface area contributed by atoms with Gasteiger partial charge in [0.15, 0.2) is 0 Å². The number of β-amino-alcohol motifs (C(OH)–C–C–N with tert-alkyl or cyclic N) is 1. The lowest BCUT2D eigenvalue weighted by Crippen LogP contribution is -2.34. The number of nitrogens with one attached hydrogen (secondary N) is 2. The first-order valence-electron chi connectivity index (χ1n) is 7.35. The number of aryl methyl sites for hydroxylation is 1. The van der Waals surface area contributed by atoms with Crippen LogP contribution in [0.2, 0.25) is 0 Å². The van der Waals surface area contributed by atoms with E-state index in [1.807, 2.05) is 37.3 Å². The highest BCUT2D eigenvalue weighted by Gasteiger charge is 2.26. The molecule has 2 atom stereocenters. The molecule has 3 rings (SSSR count). The fourth-order valence-corrected chi connectivity index (χ4v) is 3.53. The van der Waals surface area contributed by atoms with Crippen LogP contribution in [0.3, 0.4) is 0 Å². The van der Waals surface area contributed by atoms with E-state index in [2.05, 4.69) is 15.6 Å². The van der Waals surface area contributed by atoms with Gasteiger partial charge < -0.3 is 15.7 Å². The lowest BCUT2D eigenvalue weighted by Gasteiger charge is -2.13. The van der Waals surface area contributed by atoms with Crippen LogP contribution in [0.5, 0.6) is 0 Å². The summed E-state index contributed by atoms with van der Waals surface area (Å²) in [6.45, 7) is 3.66. The Hall–Kier alpha value is -1.76. The Bertz CT molecular complexity index is 657. The van der Waals surface area contributed by atoms with Crippen LogP contribution in [-0.2, 0) is 0 Å². The summed E-state index contributed by atoms with van der Waals surface area (Å²) < 4.78 is 0. The summed E-state index contributed by atoms with van der Waals surface area (Å²) in [5.41, 5.74) is 1.76. The second kappa shape index (κ2) is 6.56. The van der Waals surface area contributed by atoms with E-state index in [-0.39, 0.29) is 17.9 Å². The molecule has 3 N–H and O–H groups in total. The number of amides is 1. The molecule has 1 aliphatic heterocycles. The highest BCUT2D eigenvalue weighted by molar-refractivity contribution is 7.17. The third kappa shape index (κ3) is 3.19. The molecule has 0 bridgehead atoms. The Morgan fingerprint density at radius 3 is 2.86 bits per heavy atom. The zero-order chi connectivity index (χ0) is 15.5. The lowest BCUT2D eigenvalue weighted by atomic mass is 10.1. The van der Waals surface area contributed by atoms with E-state index in [4.69, 9.17) is 0 Å². The minimum Gasteiger partial charge on any atom is -0.391 e. The molecule has 6 heteroatoms. The van der Waals surface area contributed by atoms with Crippen LogP contribution in [0.15, 0.2) is 30.3 Å². The Kier molecular flexibility index (Phi) is 4.52. The minimum absolute atomic E-state index is 0.0748. The van der Waals surface area contributed by atoms with Crippen molar-refractivity contribution < 1.29 is 9.90 Å². The first kappa shape index (κ1) is 15.1. The van der Waals surface area contributed by atoms with Gasteiger partial charge in [0.1, 0.15) is 9.88 Å². The summed E-state index contributed by atoms with van der Waals surface area (Å²) in [7, 11) is 0. The van der Waals surface area contributed by atoms with Crippen LogP contribution < -0.4 is 10.6 Å². The van der Waals surface area contributed by atoms with Crippen LogP contribution in [0.4, 0.5) is 0 Å². The summed E-state index contributed by atoms with van der Waals surface area (Å²) in [4.78, 5) is 17.5. The maximum atomic E-state index is 12.3. The van der Waals surface area contributed by atoms with Crippen molar-refractivity contribution in [3.63, 3.8) is 0 Å². The van der Waals surface area contributed by atoms with Crippen molar-refractivity contribution in [1.29, 1.82) is 0 Å². The normalized spacial score (nSPS) is 21.0. The fourth-order valence-electron chi connectivity index (χ4n) is 2.54. The molecule has 5 nitrogen and oxygen atoms in total. The number of nitrogens with zero attached hydrogens (tertiary/aromatic N) is 1. The number of rotatable bonds is 4. The molecule has 2 unspecified atom stereocenters. The van der Waals surface area contributed by atoms with Crippen LogP contribution in [0.1, 0.15) is 15.4 Å². The van der Waals surface area contributed by atoms with Gasteiger partial charge in [-0.15, -0.1) is 11.3 Å². The zero-order valence-electron chi connectivity index (χ0n) is 12.4. The molecule has 1 aliphatic rings. The molecular formula is C16H19N3O2S. The van der Waals surface area contributed by atoms with Gasteiger partial charge in [0, 0.05) is 31.1 Å². The summed E-state index contributed by atoms with van der Waals surface area (Å²) in [6, 6.07) is 9.85. The molecule has 1 aromatic carbocycles. The molecule has 2 aromatic rings.